The van der Waals surface area contributed by atoms with Gasteiger partial charge in [-0.3, -0.25) is 0 Å². The van der Waals surface area contributed by atoms with Crippen LogP contribution in [0.5, 0.6) is 0 Å². The minimum absolute atomic E-state index is 0. The number of rotatable bonds is 3. The molecule has 1 aliphatic heterocycles. The van der Waals surface area contributed by atoms with E-state index in [-0.39, 0.29) is 18.5 Å². The van der Waals surface area contributed by atoms with Gasteiger partial charge in [0, 0.05) is 6.54 Å². The van der Waals surface area contributed by atoms with E-state index in [0.29, 0.717) is 19.5 Å². The van der Waals surface area contributed by atoms with E-state index in [2.05, 4.69) is 10.1 Å². The van der Waals surface area contributed by atoms with E-state index in [1.807, 2.05) is 0 Å². The Kier molecular flexibility index (Phi) is 5.61. The summed E-state index contributed by atoms with van der Waals surface area (Å²) < 4.78 is 39.7. The Bertz CT molecular complexity index is 121. The summed E-state index contributed by atoms with van der Waals surface area (Å²) in [6, 6.07) is 0. The lowest BCUT2D eigenvalue weighted by Gasteiger charge is -2.13. The molecule has 1 fully saturated rings. The van der Waals surface area contributed by atoms with E-state index >= 15 is 0 Å². The van der Waals surface area contributed by atoms with Crippen molar-refractivity contribution in [2.75, 3.05) is 13.1 Å². The zero-order valence-electron chi connectivity index (χ0n) is 6.30. The highest BCUT2D eigenvalue weighted by Crippen LogP contribution is 2.13. The van der Waals surface area contributed by atoms with Crippen molar-refractivity contribution in [3.8, 4) is 0 Å². The van der Waals surface area contributed by atoms with E-state index in [9.17, 15) is 13.2 Å². The molecule has 0 radical (unpaired) electrons. The molecule has 0 aliphatic carbocycles. The molecule has 0 bridgehead atoms. The lowest BCUT2D eigenvalue weighted by Crippen LogP contribution is -2.25. The third kappa shape index (κ3) is 3.60. The van der Waals surface area contributed by atoms with Crippen LogP contribution >= 0.6 is 12.4 Å². The number of hydrogen-bond acceptors (Lipinski definition) is 2. The summed E-state index contributed by atoms with van der Waals surface area (Å²) in [6.45, 7) is 1.17. The summed E-state index contributed by atoms with van der Waals surface area (Å²) in [5.74, 6) is 0. The van der Waals surface area contributed by atoms with Gasteiger partial charge >= 0.3 is 0 Å². The summed E-state index contributed by atoms with van der Waals surface area (Å²) >= 11 is 0. The Morgan fingerprint density at radius 2 is 2.00 bits per heavy atom. The van der Waals surface area contributed by atoms with Gasteiger partial charge in [0.05, 0.1) is 6.10 Å². The fraction of sp³-hybridized carbons (Fsp3) is 1.00. The minimum Gasteiger partial charge on any atom is -0.339 e. The van der Waals surface area contributed by atoms with Crippen LogP contribution < -0.4 is 5.32 Å². The molecule has 6 heteroatoms. The van der Waals surface area contributed by atoms with E-state index < -0.39 is 12.8 Å². The average Bonchev–Trinajstić information content (AvgIpc) is 2.39. The largest absolute Gasteiger partial charge is 0.339 e. The molecule has 1 N–H and O–H groups in total. The van der Waals surface area contributed by atoms with Crippen LogP contribution in [0.4, 0.5) is 13.2 Å². The van der Waals surface area contributed by atoms with Crippen LogP contribution in [0.3, 0.4) is 0 Å². The molecule has 2 atom stereocenters. The molecular weight excluding hydrogens is 195 g/mol. The van der Waals surface area contributed by atoms with Crippen molar-refractivity contribution in [1.82, 2.24) is 5.32 Å². The van der Waals surface area contributed by atoms with Gasteiger partial charge in [0.15, 0.2) is 0 Å². The van der Waals surface area contributed by atoms with Crippen molar-refractivity contribution >= 4 is 12.4 Å². The molecule has 74 valence electrons. The Morgan fingerprint density at radius 1 is 1.33 bits per heavy atom. The molecular formula is C6H11ClF3NO. The lowest BCUT2D eigenvalue weighted by atomic mass is 10.3. The van der Waals surface area contributed by atoms with Gasteiger partial charge in [-0.05, 0) is 13.0 Å². The number of halogens is 4. The van der Waals surface area contributed by atoms with Crippen LogP contribution in [0, 0.1) is 0 Å². The van der Waals surface area contributed by atoms with Gasteiger partial charge in [-0.15, -0.1) is 12.4 Å². The molecule has 0 aromatic rings. The fourth-order valence-corrected chi connectivity index (χ4v) is 0.988. The third-order valence-corrected chi connectivity index (χ3v) is 1.54. The topological polar surface area (TPSA) is 21.3 Å². The van der Waals surface area contributed by atoms with E-state index in [1.165, 1.54) is 0 Å². The van der Waals surface area contributed by atoms with Crippen LogP contribution in [-0.2, 0) is 4.74 Å². The van der Waals surface area contributed by atoms with Crippen molar-refractivity contribution in [3.05, 3.63) is 0 Å². The first-order chi connectivity index (χ1) is 5.20. The maximum Gasteiger partial charge on any atom is 0.293 e. The van der Waals surface area contributed by atoms with Crippen molar-refractivity contribution in [2.45, 2.75) is 25.3 Å². The summed E-state index contributed by atoms with van der Waals surface area (Å²) in [4.78, 5) is 0. The predicted molar refractivity (Wildman–Crippen MR) is 40.5 cm³/mol. The molecule has 12 heavy (non-hydrogen) atoms. The first kappa shape index (κ1) is 12.0. The highest BCUT2D eigenvalue weighted by atomic mass is 35.5. The van der Waals surface area contributed by atoms with Gasteiger partial charge in [0.1, 0.15) is 0 Å². The molecule has 1 rings (SSSR count). The highest BCUT2D eigenvalue weighted by Gasteiger charge is 2.25. The normalized spacial score (nSPS) is 25.5. The fourth-order valence-electron chi connectivity index (χ4n) is 0.988. The molecule has 0 saturated carbocycles. The van der Waals surface area contributed by atoms with Gasteiger partial charge in [0.2, 0.25) is 0 Å². The van der Waals surface area contributed by atoms with E-state index in [4.69, 9.17) is 0 Å². The van der Waals surface area contributed by atoms with Crippen LogP contribution in [0.1, 0.15) is 6.42 Å². The van der Waals surface area contributed by atoms with Gasteiger partial charge in [0.25, 0.3) is 12.8 Å². The number of ether oxygens (including phenoxy) is 1. The van der Waals surface area contributed by atoms with Crippen LogP contribution in [0.2, 0.25) is 0 Å². The molecule has 0 amide bonds. The van der Waals surface area contributed by atoms with E-state index in [1.54, 1.807) is 0 Å². The second kappa shape index (κ2) is 5.61. The molecule has 2 nitrogen and oxygen atoms in total. The summed E-state index contributed by atoms with van der Waals surface area (Å²) in [5.41, 5.74) is 0. The lowest BCUT2D eigenvalue weighted by molar-refractivity contribution is -0.152. The second-order valence-electron chi connectivity index (χ2n) is 2.44. The molecule has 1 aliphatic rings. The molecule has 1 heterocycles. The number of hydrogen-bond donors (Lipinski definition) is 1. The van der Waals surface area contributed by atoms with Gasteiger partial charge < -0.3 is 10.1 Å². The first-order valence-electron chi connectivity index (χ1n) is 3.48. The maximum absolute atomic E-state index is 12.2. The van der Waals surface area contributed by atoms with Gasteiger partial charge in [-0.25, -0.2) is 13.2 Å². The van der Waals surface area contributed by atoms with E-state index in [0.717, 1.165) is 0 Å². The summed E-state index contributed by atoms with van der Waals surface area (Å²) in [7, 11) is 0. The van der Waals surface area contributed by atoms with Crippen molar-refractivity contribution in [3.63, 3.8) is 0 Å². The second-order valence-corrected chi connectivity index (χ2v) is 2.44. The molecule has 0 spiro atoms. The number of alkyl halides is 3. The summed E-state index contributed by atoms with van der Waals surface area (Å²) in [6.07, 6.45) is -5.25. The Balaban J connectivity index is 0.00000121. The van der Waals surface area contributed by atoms with Crippen LogP contribution in [0.25, 0.3) is 0 Å². The highest BCUT2D eigenvalue weighted by molar-refractivity contribution is 5.85. The van der Waals surface area contributed by atoms with Crippen molar-refractivity contribution < 1.29 is 17.9 Å². The maximum atomic E-state index is 12.2. The van der Waals surface area contributed by atoms with Crippen molar-refractivity contribution in [2.24, 2.45) is 0 Å². The van der Waals surface area contributed by atoms with Crippen molar-refractivity contribution in [1.29, 1.82) is 0 Å². The SMILES string of the molecule is Cl.FC(F)C(F)O[C@H]1CCNC1. The first-order valence-corrected chi connectivity index (χ1v) is 3.48. The molecule has 1 saturated heterocycles. The van der Waals surface area contributed by atoms with Crippen LogP contribution in [-0.4, -0.2) is 32.0 Å². The molecule has 0 aromatic carbocycles. The molecule has 0 aromatic heterocycles. The van der Waals surface area contributed by atoms with Crippen LogP contribution in [0.15, 0.2) is 0 Å². The Morgan fingerprint density at radius 3 is 2.42 bits per heavy atom. The minimum atomic E-state index is -3.03. The smallest absolute Gasteiger partial charge is 0.293 e. The zero-order chi connectivity index (χ0) is 8.27. The standard InChI is InChI=1S/C6H10F3NO.ClH/c7-5(8)6(9)11-4-1-2-10-3-4;/h4-6,10H,1-3H2;1H/t4-,6?;/m0./s1. The van der Waals surface area contributed by atoms with Gasteiger partial charge in [-0.2, -0.15) is 0 Å². The molecule has 1 unspecified atom stereocenters. The summed E-state index contributed by atoms with van der Waals surface area (Å²) in [5, 5.41) is 2.88. The Hall–Kier alpha value is -0.0000000000000000416. The predicted octanol–water partition coefficient (Wildman–Crippen LogP) is 1.35. The Labute approximate surface area is 74.9 Å². The monoisotopic (exact) mass is 205 g/mol. The zero-order valence-corrected chi connectivity index (χ0v) is 7.12. The number of nitrogens with one attached hydrogen (secondary N) is 1. The third-order valence-electron chi connectivity index (χ3n) is 1.54. The quantitative estimate of drug-likeness (QED) is 0.751. The van der Waals surface area contributed by atoms with Gasteiger partial charge in [-0.1, -0.05) is 0 Å². The average molecular weight is 206 g/mol.